The van der Waals surface area contributed by atoms with Crippen molar-refractivity contribution in [2.24, 2.45) is 0 Å². The van der Waals surface area contributed by atoms with Crippen LogP contribution in [0.5, 0.6) is 0 Å². The Morgan fingerprint density at radius 1 is 0.656 bits per heavy atom. The van der Waals surface area contributed by atoms with Crippen LogP contribution in [0.25, 0.3) is 0 Å². The topological polar surface area (TPSA) is 40.1 Å². The monoisotopic (exact) mass is 470 g/mol. The van der Waals surface area contributed by atoms with Gasteiger partial charge >= 0.3 is 8.03 Å². The highest BCUT2D eigenvalue weighted by molar-refractivity contribution is 7.38. The van der Waals surface area contributed by atoms with E-state index in [1.54, 1.807) is 0 Å². The number of hydrogen-bond acceptors (Lipinski definition) is 2. The predicted molar refractivity (Wildman–Crippen MR) is 141 cm³/mol. The summed E-state index contributed by atoms with van der Waals surface area (Å²) >= 11 is 0. The van der Waals surface area contributed by atoms with Crippen LogP contribution in [0.4, 0.5) is 0 Å². The minimum absolute atomic E-state index is 0.524. The molecule has 190 valence electrons. The zero-order valence-corrected chi connectivity index (χ0v) is 23.4. The second kappa shape index (κ2) is 20.2. The van der Waals surface area contributed by atoms with E-state index in [2.05, 4.69) is 26.0 Å². The van der Waals surface area contributed by atoms with Crippen molar-refractivity contribution in [2.75, 3.05) is 21.1 Å². The van der Waals surface area contributed by atoms with Crippen molar-refractivity contribution >= 4 is 8.03 Å². The molecule has 0 aromatic heterocycles. The summed E-state index contributed by atoms with van der Waals surface area (Å²) in [5.41, 5.74) is 0. The Kier molecular flexibility index (Phi) is 20.0. The molecule has 2 unspecified atom stereocenters. The van der Waals surface area contributed by atoms with Crippen molar-refractivity contribution in [3.8, 4) is 0 Å². The Balaban J connectivity index is 3.57. The summed E-state index contributed by atoms with van der Waals surface area (Å²) in [4.78, 5) is 12.1. The van der Waals surface area contributed by atoms with Gasteiger partial charge in [-0.1, -0.05) is 114 Å². The van der Waals surface area contributed by atoms with Crippen molar-refractivity contribution in [1.82, 2.24) is 0 Å². The van der Waals surface area contributed by atoms with Gasteiger partial charge in [0, 0.05) is 12.8 Å². The summed E-state index contributed by atoms with van der Waals surface area (Å²) in [7, 11) is 3.69. The fraction of sp³-hybridized carbons (Fsp3) is 0.929. The van der Waals surface area contributed by atoms with Crippen LogP contribution in [0.3, 0.4) is 0 Å². The first-order chi connectivity index (χ1) is 15.3. The number of rotatable bonds is 23. The van der Waals surface area contributed by atoms with Crippen molar-refractivity contribution in [3.63, 3.8) is 0 Å². The van der Waals surface area contributed by atoms with Crippen molar-refractivity contribution in [3.05, 3.63) is 12.2 Å². The highest BCUT2D eigenvalue weighted by atomic mass is 31.1. The maximum atomic E-state index is 12.1. The number of unbranched alkanes of at least 4 members (excludes halogenated alkanes) is 15. The lowest BCUT2D eigenvalue weighted by molar-refractivity contribution is -0.910. The van der Waals surface area contributed by atoms with Gasteiger partial charge in [-0.25, -0.2) is 0 Å². The van der Waals surface area contributed by atoms with Crippen LogP contribution in [0, 0.1) is 0 Å². The SMILES string of the molecule is CC/C=C\CCCCCCCCCCCCCCCCCC(CCC)([P+](=O)[O-])[N+](C)(C)C. The van der Waals surface area contributed by atoms with Gasteiger partial charge in [0.15, 0.2) is 0 Å². The molecule has 0 aliphatic carbocycles. The molecule has 0 aliphatic heterocycles. The van der Waals surface area contributed by atoms with Gasteiger partial charge in [0.1, 0.15) is 0 Å². The molecule has 0 amide bonds. The van der Waals surface area contributed by atoms with Crippen LogP contribution < -0.4 is 4.89 Å². The molecule has 2 atom stereocenters. The van der Waals surface area contributed by atoms with E-state index in [0.717, 1.165) is 25.7 Å². The van der Waals surface area contributed by atoms with Gasteiger partial charge in [0.05, 0.1) is 21.1 Å². The highest BCUT2D eigenvalue weighted by Gasteiger charge is 2.53. The normalized spacial score (nSPS) is 14.8. The first-order valence-electron chi connectivity index (χ1n) is 13.9. The molecule has 0 aromatic carbocycles. The summed E-state index contributed by atoms with van der Waals surface area (Å²) in [6.45, 7) is 4.30. The molecule has 0 saturated heterocycles. The fourth-order valence-corrected chi connectivity index (χ4v) is 6.11. The maximum absolute atomic E-state index is 12.1. The zero-order valence-electron chi connectivity index (χ0n) is 22.5. The first-order valence-corrected chi connectivity index (χ1v) is 15.1. The van der Waals surface area contributed by atoms with Gasteiger partial charge in [-0.2, -0.15) is 0 Å². The first kappa shape index (κ1) is 31.8. The van der Waals surface area contributed by atoms with E-state index in [1.807, 2.05) is 21.1 Å². The Hall–Kier alpha value is -0.240. The van der Waals surface area contributed by atoms with Gasteiger partial charge in [-0.05, 0) is 32.1 Å². The van der Waals surface area contributed by atoms with Crippen LogP contribution in [0.15, 0.2) is 12.2 Å². The van der Waals surface area contributed by atoms with Crippen LogP contribution >= 0.6 is 8.03 Å². The lowest BCUT2D eigenvalue weighted by Gasteiger charge is -2.39. The summed E-state index contributed by atoms with van der Waals surface area (Å²) in [6.07, 6.45) is 29.7. The largest absolute Gasteiger partial charge is 0.590 e. The van der Waals surface area contributed by atoms with Gasteiger partial charge in [0.25, 0.3) is 5.28 Å². The summed E-state index contributed by atoms with van der Waals surface area (Å²) < 4.78 is 12.6. The minimum Gasteiger partial charge on any atom is -0.590 e. The van der Waals surface area contributed by atoms with Crippen LogP contribution in [0.1, 0.15) is 142 Å². The average molecular weight is 471 g/mol. The summed E-state index contributed by atoms with van der Waals surface area (Å²) in [5.74, 6) is 0. The molecule has 0 bridgehead atoms. The molecule has 0 aromatic rings. The summed E-state index contributed by atoms with van der Waals surface area (Å²) in [6, 6.07) is 0. The third-order valence-electron chi connectivity index (χ3n) is 7.09. The second-order valence-corrected chi connectivity index (χ2v) is 12.1. The van der Waals surface area contributed by atoms with Gasteiger partial charge in [-0.3, -0.25) is 4.48 Å². The average Bonchev–Trinajstić information content (AvgIpc) is 2.73. The molecule has 0 N–H and O–H groups in total. The van der Waals surface area contributed by atoms with Gasteiger partial charge < -0.3 is 4.89 Å². The molecule has 0 fully saturated rings. The third kappa shape index (κ3) is 14.8. The van der Waals surface area contributed by atoms with E-state index in [4.69, 9.17) is 0 Å². The smallest absolute Gasteiger partial charge is 0.376 e. The van der Waals surface area contributed by atoms with Crippen molar-refractivity contribution in [1.29, 1.82) is 0 Å². The minimum atomic E-state index is -2.42. The number of allylic oxidation sites excluding steroid dienone is 2. The molecular formula is C28H57NO2P+. The molecule has 0 rings (SSSR count). The Bertz CT molecular complexity index is 473. The van der Waals surface area contributed by atoms with E-state index in [0.29, 0.717) is 4.48 Å². The Labute approximate surface area is 202 Å². The van der Waals surface area contributed by atoms with E-state index >= 15 is 0 Å². The third-order valence-corrected chi connectivity index (χ3v) is 8.82. The maximum Gasteiger partial charge on any atom is 0.376 e. The quantitative estimate of drug-likeness (QED) is 0.0647. The molecule has 0 heterocycles. The lowest BCUT2D eigenvalue weighted by atomic mass is 9.99. The fourth-order valence-electron chi connectivity index (χ4n) is 4.88. The van der Waals surface area contributed by atoms with E-state index in [9.17, 15) is 9.46 Å². The summed E-state index contributed by atoms with van der Waals surface area (Å²) in [5, 5.41) is -0.587. The lowest BCUT2D eigenvalue weighted by Crippen LogP contribution is -2.55. The molecule has 0 radical (unpaired) electrons. The standard InChI is InChI=1S/C28H57NO2P/c1-6-8-9-10-11-12-13-14-15-16-17-18-19-20-21-22-23-24-25-27-28(26-7-2,32(30)31)29(3,4)5/h8-9H,6-7,10-27H2,1-5H3/q+1/b9-8-. The molecule has 4 heteroatoms. The Morgan fingerprint density at radius 2 is 1.06 bits per heavy atom. The Morgan fingerprint density at radius 3 is 1.41 bits per heavy atom. The highest BCUT2D eigenvalue weighted by Crippen LogP contribution is 2.45. The molecule has 0 saturated carbocycles. The predicted octanol–water partition coefficient (Wildman–Crippen LogP) is 8.89. The number of hydrogen-bond donors (Lipinski definition) is 0. The molecular weight excluding hydrogens is 413 g/mol. The van der Waals surface area contributed by atoms with E-state index < -0.39 is 13.3 Å². The molecule has 32 heavy (non-hydrogen) atoms. The molecule has 0 aliphatic rings. The number of nitrogens with zero attached hydrogens (tertiary/aromatic N) is 1. The zero-order chi connectivity index (χ0) is 24.1. The van der Waals surface area contributed by atoms with Crippen LogP contribution in [-0.4, -0.2) is 30.9 Å². The van der Waals surface area contributed by atoms with E-state index in [1.165, 1.54) is 103 Å². The molecule has 3 nitrogen and oxygen atoms in total. The van der Waals surface area contributed by atoms with E-state index in [-0.39, 0.29) is 0 Å². The van der Waals surface area contributed by atoms with Crippen molar-refractivity contribution in [2.45, 2.75) is 148 Å². The van der Waals surface area contributed by atoms with Gasteiger partial charge in [-0.15, -0.1) is 0 Å². The van der Waals surface area contributed by atoms with Crippen LogP contribution in [0.2, 0.25) is 0 Å². The number of quaternary nitrogens is 1. The second-order valence-electron chi connectivity index (χ2n) is 10.7. The van der Waals surface area contributed by atoms with Gasteiger partial charge in [0.2, 0.25) is 0 Å². The van der Waals surface area contributed by atoms with Crippen molar-refractivity contribution < 1.29 is 13.9 Å². The van der Waals surface area contributed by atoms with Crippen LogP contribution in [-0.2, 0) is 4.57 Å². The molecule has 0 spiro atoms.